The Morgan fingerprint density at radius 3 is 2.68 bits per heavy atom. The van der Waals surface area contributed by atoms with Crippen LogP contribution < -0.4 is 10.2 Å². The van der Waals surface area contributed by atoms with Crippen LogP contribution in [0.15, 0.2) is 34.4 Å². The number of hydrogen-bond acceptors (Lipinski definition) is 4. The van der Waals surface area contributed by atoms with Crippen molar-refractivity contribution >= 4 is 22.6 Å². The molecule has 0 aromatic heterocycles. The third-order valence-electron chi connectivity index (χ3n) is 2.61. The van der Waals surface area contributed by atoms with Crippen LogP contribution in [-0.4, -0.2) is 29.8 Å². The van der Waals surface area contributed by atoms with E-state index in [2.05, 4.69) is 22.4 Å². The van der Waals surface area contributed by atoms with Gasteiger partial charge in [-0.05, 0) is 43.2 Å². The van der Waals surface area contributed by atoms with Gasteiger partial charge in [0.15, 0.2) is 5.17 Å². The summed E-state index contributed by atoms with van der Waals surface area (Å²) >= 11 is 1.70. The zero-order chi connectivity index (χ0) is 13.5. The molecule has 0 unspecified atom stereocenters. The summed E-state index contributed by atoms with van der Waals surface area (Å²) in [5, 5.41) is 5.30. The fourth-order valence-electron chi connectivity index (χ4n) is 1.67. The molecule has 1 heterocycles. The molecule has 2 rings (SSSR count). The molecule has 1 aromatic rings. The van der Waals surface area contributed by atoms with Crippen molar-refractivity contribution in [3.8, 4) is 5.75 Å². The average Bonchev–Trinajstić information content (AvgIpc) is 2.47. The molecule has 1 aromatic carbocycles. The number of aliphatic imine (C=N–C) groups is 1. The fraction of sp³-hybridized carbons (Fsp3) is 0.429. The van der Waals surface area contributed by atoms with Crippen molar-refractivity contribution in [2.45, 2.75) is 20.3 Å². The highest BCUT2D eigenvalue weighted by Gasteiger charge is 2.12. The lowest BCUT2D eigenvalue weighted by atomic mass is 10.1. The minimum Gasteiger partial charge on any atom is -0.494 e. The van der Waals surface area contributed by atoms with Gasteiger partial charge >= 0.3 is 0 Å². The van der Waals surface area contributed by atoms with Crippen LogP contribution in [0.4, 0.5) is 0 Å². The molecule has 102 valence electrons. The van der Waals surface area contributed by atoms with Crippen molar-refractivity contribution in [2.24, 2.45) is 10.1 Å². The average molecular weight is 277 g/mol. The summed E-state index contributed by atoms with van der Waals surface area (Å²) < 4.78 is 5.43. The summed E-state index contributed by atoms with van der Waals surface area (Å²) in [4.78, 5) is 4.41. The molecule has 0 spiro atoms. The van der Waals surface area contributed by atoms with E-state index in [1.165, 1.54) is 0 Å². The standard InChI is InChI=1S/C14H19N3OS/c1-3-9-15-14-17-16-13(10-19-14)11-5-7-12(8-6-11)18-4-2/h5-8H,3-4,9-10H2,1-2H3,(H,15,17). The second-order valence-electron chi connectivity index (χ2n) is 4.10. The Morgan fingerprint density at radius 2 is 2.11 bits per heavy atom. The first kappa shape index (κ1) is 13.9. The van der Waals surface area contributed by atoms with E-state index in [1.807, 2.05) is 31.2 Å². The van der Waals surface area contributed by atoms with Gasteiger partial charge in [-0.2, -0.15) is 5.10 Å². The first-order valence-electron chi connectivity index (χ1n) is 6.56. The number of hydrogen-bond donors (Lipinski definition) is 1. The lowest BCUT2D eigenvalue weighted by molar-refractivity contribution is 0.340. The van der Waals surface area contributed by atoms with Crippen molar-refractivity contribution in [1.82, 2.24) is 5.43 Å². The van der Waals surface area contributed by atoms with Crippen molar-refractivity contribution < 1.29 is 4.74 Å². The van der Waals surface area contributed by atoms with E-state index in [0.29, 0.717) is 6.61 Å². The number of ether oxygens (including phenoxy) is 1. The Hall–Kier alpha value is -1.49. The highest BCUT2D eigenvalue weighted by molar-refractivity contribution is 8.14. The highest BCUT2D eigenvalue weighted by Crippen LogP contribution is 2.17. The molecular formula is C14H19N3OS. The fourth-order valence-corrected chi connectivity index (χ4v) is 2.47. The van der Waals surface area contributed by atoms with Crippen LogP contribution in [0.3, 0.4) is 0 Å². The normalized spacial score (nSPS) is 16.9. The second-order valence-corrected chi connectivity index (χ2v) is 5.07. The van der Waals surface area contributed by atoms with Gasteiger partial charge < -0.3 is 4.74 Å². The van der Waals surface area contributed by atoms with Crippen LogP contribution in [0.1, 0.15) is 25.8 Å². The van der Waals surface area contributed by atoms with Gasteiger partial charge in [0.2, 0.25) is 0 Å². The van der Waals surface area contributed by atoms with Gasteiger partial charge in [0.1, 0.15) is 5.75 Å². The van der Waals surface area contributed by atoms with Gasteiger partial charge in [0.25, 0.3) is 0 Å². The lowest BCUT2D eigenvalue weighted by Crippen LogP contribution is -2.25. The summed E-state index contributed by atoms with van der Waals surface area (Å²) in [6.45, 7) is 5.64. The number of rotatable bonds is 5. The van der Waals surface area contributed by atoms with E-state index in [-0.39, 0.29) is 0 Å². The number of thioether (sulfide) groups is 1. The van der Waals surface area contributed by atoms with Gasteiger partial charge in [-0.3, -0.25) is 10.4 Å². The molecule has 5 heteroatoms. The van der Waals surface area contributed by atoms with Crippen LogP contribution in [0, 0.1) is 0 Å². The SMILES string of the molecule is CCCN=C1NN=C(c2ccc(OCC)cc2)CS1. The first-order valence-corrected chi connectivity index (χ1v) is 7.55. The third kappa shape index (κ3) is 3.99. The summed E-state index contributed by atoms with van der Waals surface area (Å²) in [6.07, 6.45) is 1.06. The number of amidine groups is 1. The molecule has 1 aliphatic rings. The van der Waals surface area contributed by atoms with Crippen LogP contribution >= 0.6 is 11.8 Å². The minimum atomic E-state index is 0.689. The second kappa shape index (κ2) is 7.19. The van der Waals surface area contributed by atoms with E-state index in [4.69, 9.17) is 4.74 Å². The van der Waals surface area contributed by atoms with Crippen LogP contribution in [0.5, 0.6) is 5.75 Å². The quantitative estimate of drug-likeness (QED) is 0.900. The smallest absolute Gasteiger partial charge is 0.177 e. The monoisotopic (exact) mass is 277 g/mol. The predicted molar refractivity (Wildman–Crippen MR) is 82.3 cm³/mol. The third-order valence-corrected chi connectivity index (χ3v) is 3.52. The molecule has 0 bridgehead atoms. The number of hydrazone groups is 1. The summed E-state index contributed by atoms with van der Waals surface area (Å²) in [5.74, 6) is 1.75. The molecule has 1 aliphatic heterocycles. The summed E-state index contributed by atoms with van der Waals surface area (Å²) in [7, 11) is 0. The zero-order valence-corrected chi connectivity index (χ0v) is 12.2. The largest absolute Gasteiger partial charge is 0.494 e. The molecule has 0 saturated carbocycles. The van der Waals surface area contributed by atoms with Gasteiger partial charge in [-0.25, -0.2) is 0 Å². The van der Waals surface area contributed by atoms with Crippen LogP contribution in [0.25, 0.3) is 0 Å². The van der Waals surface area contributed by atoms with Gasteiger partial charge in [0.05, 0.1) is 12.3 Å². The Balaban J connectivity index is 2.01. The molecule has 0 atom stereocenters. The molecule has 0 radical (unpaired) electrons. The summed E-state index contributed by atoms with van der Waals surface area (Å²) in [6, 6.07) is 8.04. The lowest BCUT2D eigenvalue weighted by Gasteiger charge is -2.15. The maximum Gasteiger partial charge on any atom is 0.177 e. The molecule has 0 aliphatic carbocycles. The minimum absolute atomic E-state index is 0.689. The highest BCUT2D eigenvalue weighted by atomic mass is 32.2. The Bertz CT molecular complexity index is 468. The van der Waals surface area contributed by atoms with E-state index >= 15 is 0 Å². The maximum atomic E-state index is 5.43. The molecule has 0 amide bonds. The van der Waals surface area contributed by atoms with Crippen molar-refractivity contribution in [3.05, 3.63) is 29.8 Å². The molecule has 0 fully saturated rings. The van der Waals surface area contributed by atoms with E-state index in [0.717, 1.165) is 40.9 Å². The molecule has 4 nitrogen and oxygen atoms in total. The van der Waals surface area contributed by atoms with Crippen LogP contribution in [-0.2, 0) is 0 Å². The molecule has 0 saturated heterocycles. The van der Waals surface area contributed by atoms with Gasteiger partial charge in [-0.15, -0.1) is 0 Å². The number of nitrogens with zero attached hydrogens (tertiary/aromatic N) is 2. The number of benzene rings is 1. The maximum absolute atomic E-state index is 5.43. The molecular weight excluding hydrogens is 258 g/mol. The Labute approximate surface area is 118 Å². The van der Waals surface area contributed by atoms with Crippen molar-refractivity contribution in [1.29, 1.82) is 0 Å². The molecule has 1 N–H and O–H groups in total. The molecule has 19 heavy (non-hydrogen) atoms. The van der Waals surface area contributed by atoms with Crippen molar-refractivity contribution in [2.75, 3.05) is 18.9 Å². The predicted octanol–water partition coefficient (Wildman–Crippen LogP) is 2.89. The topological polar surface area (TPSA) is 46.0 Å². The van der Waals surface area contributed by atoms with E-state index in [9.17, 15) is 0 Å². The summed E-state index contributed by atoms with van der Waals surface area (Å²) in [5.41, 5.74) is 5.18. The van der Waals surface area contributed by atoms with E-state index in [1.54, 1.807) is 11.8 Å². The Morgan fingerprint density at radius 1 is 1.32 bits per heavy atom. The first-order chi connectivity index (χ1) is 9.33. The van der Waals surface area contributed by atoms with E-state index < -0.39 is 0 Å². The van der Waals surface area contributed by atoms with Crippen molar-refractivity contribution in [3.63, 3.8) is 0 Å². The zero-order valence-electron chi connectivity index (χ0n) is 11.3. The number of nitrogens with one attached hydrogen (secondary N) is 1. The van der Waals surface area contributed by atoms with Gasteiger partial charge in [0, 0.05) is 12.3 Å². The van der Waals surface area contributed by atoms with Gasteiger partial charge in [-0.1, -0.05) is 18.7 Å². The Kier molecular flexibility index (Phi) is 5.27. The van der Waals surface area contributed by atoms with Crippen LogP contribution in [0.2, 0.25) is 0 Å².